The summed E-state index contributed by atoms with van der Waals surface area (Å²) in [5.74, 6) is -1.92. The number of carboxylic acids is 1. The molecule has 8 heteroatoms. The molecule has 2 aliphatic carbocycles. The Labute approximate surface area is 204 Å². The highest BCUT2D eigenvalue weighted by atomic mass is 16.5. The van der Waals surface area contributed by atoms with E-state index in [1.807, 2.05) is 24.3 Å². The summed E-state index contributed by atoms with van der Waals surface area (Å²) in [4.78, 5) is 37.7. The highest BCUT2D eigenvalue weighted by molar-refractivity contribution is 5.89. The second-order valence-electron chi connectivity index (χ2n) is 9.60. The number of amides is 2. The zero-order chi connectivity index (χ0) is 24.4. The summed E-state index contributed by atoms with van der Waals surface area (Å²) in [6, 6.07) is 15.9. The van der Waals surface area contributed by atoms with Gasteiger partial charge in [-0.3, -0.25) is 4.79 Å². The van der Waals surface area contributed by atoms with Gasteiger partial charge < -0.3 is 25.2 Å². The van der Waals surface area contributed by atoms with Crippen molar-refractivity contribution in [1.29, 1.82) is 0 Å². The zero-order valence-electron chi connectivity index (χ0n) is 19.5. The van der Waals surface area contributed by atoms with Crippen LogP contribution in [0.1, 0.15) is 49.1 Å². The van der Waals surface area contributed by atoms with Gasteiger partial charge in [0.1, 0.15) is 12.1 Å². The molecule has 2 amide bonds. The second-order valence-corrected chi connectivity index (χ2v) is 9.60. The molecule has 0 radical (unpaired) electrons. The third-order valence-electron chi connectivity index (χ3n) is 7.62. The van der Waals surface area contributed by atoms with E-state index >= 15 is 0 Å². The van der Waals surface area contributed by atoms with Crippen LogP contribution in [0.3, 0.4) is 0 Å². The Balaban J connectivity index is 1.21. The number of aliphatic carboxylic acids is 1. The van der Waals surface area contributed by atoms with Crippen LogP contribution in [0.4, 0.5) is 4.79 Å². The van der Waals surface area contributed by atoms with E-state index in [0.29, 0.717) is 26.1 Å². The van der Waals surface area contributed by atoms with Crippen molar-refractivity contribution in [2.24, 2.45) is 5.92 Å². The van der Waals surface area contributed by atoms with Crippen LogP contribution >= 0.6 is 0 Å². The van der Waals surface area contributed by atoms with Gasteiger partial charge in [-0.05, 0) is 35.1 Å². The maximum atomic E-state index is 13.0. The van der Waals surface area contributed by atoms with Crippen LogP contribution in [0, 0.1) is 5.92 Å². The number of nitrogens with one attached hydrogen (secondary N) is 2. The number of ether oxygens (including phenoxy) is 2. The van der Waals surface area contributed by atoms with Gasteiger partial charge in [-0.2, -0.15) is 0 Å². The molecule has 2 aromatic rings. The molecule has 0 bridgehead atoms. The molecule has 1 heterocycles. The molecular formula is C27H30N2O6. The van der Waals surface area contributed by atoms with Gasteiger partial charge >= 0.3 is 12.1 Å². The van der Waals surface area contributed by atoms with Crippen LogP contribution in [0.5, 0.6) is 0 Å². The number of benzene rings is 2. The molecule has 2 atom stereocenters. The van der Waals surface area contributed by atoms with E-state index < -0.39 is 29.6 Å². The van der Waals surface area contributed by atoms with Gasteiger partial charge in [0, 0.05) is 38.0 Å². The first kappa shape index (κ1) is 23.4. The quantitative estimate of drug-likeness (QED) is 0.586. The normalized spacial score (nSPS) is 22.6. The first-order chi connectivity index (χ1) is 17.0. The number of carbonyl (C=O) groups excluding carboxylic acids is 2. The van der Waals surface area contributed by atoms with Crippen molar-refractivity contribution in [2.45, 2.75) is 49.6 Å². The lowest BCUT2D eigenvalue weighted by Gasteiger charge is -2.35. The van der Waals surface area contributed by atoms with Crippen LogP contribution in [-0.4, -0.2) is 54.5 Å². The number of carboxylic acid groups (broad SMARTS) is 1. The SMILES string of the molecule is O=C(N[C@H]1CCC[C@H]1C(=O)NC1(C(=O)O)CCOCC1)OCC1c2ccccc2-c2ccccc21. The summed E-state index contributed by atoms with van der Waals surface area (Å²) < 4.78 is 10.9. The molecule has 2 aromatic carbocycles. The Morgan fingerprint density at radius 1 is 0.971 bits per heavy atom. The van der Waals surface area contributed by atoms with Gasteiger partial charge in [-0.25, -0.2) is 9.59 Å². The van der Waals surface area contributed by atoms with Gasteiger partial charge in [-0.15, -0.1) is 0 Å². The molecule has 8 nitrogen and oxygen atoms in total. The lowest BCUT2D eigenvalue weighted by molar-refractivity contribution is -0.152. The molecule has 1 saturated heterocycles. The van der Waals surface area contributed by atoms with Crippen LogP contribution in [0.2, 0.25) is 0 Å². The highest BCUT2D eigenvalue weighted by Crippen LogP contribution is 2.44. The van der Waals surface area contributed by atoms with Crippen LogP contribution in [0.15, 0.2) is 48.5 Å². The summed E-state index contributed by atoms with van der Waals surface area (Å²) >= 11 is 0. The predicted molar refractivity (Wildman–Crippen MR) is 128 cm³/mol. The molecule has 5 rings (SSSR count). The second kappa shape index (κ2) is 9.70. The number of carbonyl (C=O) groups is 3. The van der Waals surface area contributed by atoms with E-state index in [4.69, 9.17) is 9.47 Å². The van der Waals surface area contributed by atoms with Crippen molar-refractivity contribution in [3.63, 3.8) is 0 Å². The molecule has 1 aliphatic heterocycles. The van der Waals surface area contributed by atoms with Crippen LogP contribution in [-0.2, 0) is 19.1 Å². The minimum absolute atomic E-state index is 0.0419. The van der Waals surface area contributed by atoms with Crippen molar-refractivity contribution in [2.75, 3.05) is 19.8 Å². The molecule has 184 valence electrons. The third-order valence-corrected chi connectivity index (χ3v) is 7.62. The molecule has 3 aliphatic rings. The van der Waals surface area contributed by atoms with E-state index in [9.17, 15) is 19.5 Å². The smallest absolute Gasteiger partial charge is 0.407 e. The standard InChI is InChI=1S/C27H30N2O6/c30-24(29-27(25(31)32)12-14-34-15-13-27)21-10-5-11-23(21)28-26(33)35-16-22-19-8-3-1-6-17(19)18-7-2-4-9-20(18)22/h1-4,6-9,21-23H,5,10-16H2,(H,28,33)(H,29,30)(H,31,32)/t21-,23+/m1/s1. The van der Waals surface area contributed by atoms with Crippen molar-refractivity contribution >= 4 is 18.0 Å². The predicted octanol–water partition coefficient (Wildman–Crippen LogP) is 3.44. The van der Waals surface area contributed by atoms with Crippen molar-refractivity contribution < 1.29 is 29.0 Å². The fraction of sp³-hybridized carbons (Fsp3) is 0.444. The van der Waals surface area contributed by atoms with Gasteiger partial charge in [0.25, 0.3) is 0 Å². The molecular weight excluding hydrogens is 448 g/mol. The fourth-order valence-corrected chi connectivity index (χ4v) is 5.68. The lowest BCUT2D eigenvalue weighted by atomic mass is 9.88. The Hall–Kier alpha value is -3.39. The first-order valence-electron chi connectivity index (χ1n) is 12.2. The maximum absolute atomic E-state index is 13.0. The molecule has 0 spiro atoms. The van der Waals surface area contributed by atoms with Crippen molar-refractivity contribution in [3.8, 4) is 11.1 Å². The van der Waals surface area contributed by atoms with E-state index in [1.54, 1.807) is 0 Å². The average Bonchev–Trinajstić information content (AvgIpc) is 3.46. The molecule has 0 unspecified atom stereocenters. The maximum Gasteiger partial charge on any atom is 0.407 e. The van der Waals surface area contributed by atoms with Crippen molar-refractivity contribution in [3.05, 3.63) is 59.7 Å². The van der Waals surface area contributed by atoms with E-state index in [-0.39, 0.29) is 31.3 Å². The van der Waals surface area contributed by atoms with Gasteiger partial charge in [0.15, 0.2) is 0 Å². The molecule has 1 saturated carbocycles. The Morgan fingerprint density at radius 3 is 2.23 bits per heavy atom. The molecule has 3 N–H and O–H groups in total. The Kier molecular flexibility index (Phi) is 6.47. The number of alkyl carbamates (subject to hydrolysis) is 1. The number of hydrogen-bond acceptors (Lipinski definition) is 5. The molecule has 35 heavy (non-hydrogen) atoms. The molecule has 0 aromatic heterocycles. The summed E-state index contributed by atoms with van der Waals surface area (Å²) in [5.41, 5.74) is 3.27. The highest BCUT2D eigenvalue weighted by Gasteiger charge is 2.44. The lowest BCUT2D eigenvalue weighted by Crippen LogP contribution is -2.59. The minimum Gasteiger partial charge on any atom is -0.480 e. The van der Waals surface area contributed by atoms with E-state index in [2.05, 4.69) is 34.9 Å². The number of rotatable bonds is 6. The van der Waals surface area contributed by atoms with Gasteiger partial charge in [0.2, 0.25) is 5.91 Å². The average molecular weight is 479 g/mol. The largest absolute Gasteiger partial charge is 0.480 e. The molecule has 2 fully saturated rings. The topological polar surface area (TPSA) is 114 Å². The van der Waals surface area contributed by atoms with E-state index in [0.717, 1.165) is 28.7 Å². The number of hydrogen-bond donors (Lipinski definition) is 3. The fourth-order valence-electron chi connectivity index (χ4n) is 5.68. The third kappa shape index (κ3) is 4.50. The minimum atomic E-state index is -1.31. The van der Waals surface area contributed by atoms with Crippen molar-refractivity contribution in [1.82, 2.24) is 10.6 Å². The van der Waals surface area contributed by atoms with Crippen LogP contribution < -0.4 is 10.6 Å². The summed E-state index contributed by atoms with van der Waals surface area (Å²) in [7, 11) is 0. The summed E-state index contributed by atoms with van der Waals surface area (Å²) in [6.45, 7) is 0.781. The monoisotopic (exact) mass is 478 g/mol. The first-order valence-corrected chi connectivity index (χ1v) is 12.2. The van der Waals surface area contributed by atoms with Gasteiger partial charge in [-0.1, -0.05) is 55.0 Å². The van der Waals surface area contributed by atoms with Crippen LogP contribution in [0.25, 0.3) is 11.1 Å². The van der Waals surface area contributed by atoms with E-state index in [1.165, 1.54) is 0 Å². The Bertz CT molecular complexity index is 1080. The van der Waals surface area contributed by atoms with Gasteiger partial charge in [0.05, 0.1) is 5.92 Å². The number of fused-ring (bicyclic) bond motifs is 3. The Morgan fingerprint density at radius 2 is 1.60 bits per heavy atom. The summed E-state index contributed by atoms with van der Waals surface area (Å²) in [5, 5.41) is 15.4. The zero-order valence-corrected chi connectivity index (χ0v) is 19.5. The summed E-state index contributed by atoms with van der Waals surface area (Å²) in [6.07, 6.45) is 1.90.